The molecule has 8 heteroatoms. The topological polar surface area (TPSA) is 105 Å². The molecule has 230 valence electrons. The van der Waals surface area contributed by atoms with E-state index in [1.807, 2.05) is 54.6 Å². The molecule has 0 aromatic heterocycles. The SMILES string of the molecule is CC(C)(C)c1ccc(CC[C@@H](CC2CCCCC2)OP(=O)(O)O)cc1NC(=O)CC1c2ccccc2Oc2ccccc21. The van der Waals surface area contributed by atoms with Crippen molar-refractivity contribution in [3.8, 4) is 11.5 Å². The Morgan fingerprint density at radius 3 is 2.21 bits per heavy atom. The van der Waals surface area contributed by atoms with E-state index in [-0.39, 0.29) is 23.7 Å². The first kappa shape index (κ1) is 31.5. The Morgan fingerprint density at radius 1 is 0.977 bits per heavy atom. The molecule has 1 saturated carbocycles. The molecule has 1 heterocycles. The summed E-state index contributed by atoms with van der Waals surface area (Å²) in [6, 6.07) is 21.9. The number of fused-ring (bicyclic) bond motifs is 2. The molecule has 1 aliphatic carbocycles. The summed E-state index contributed by atoms with van der Waals surface area (Å²) in [5.74, 6) is 1.77. The molecule has 1 fully saturated rings. The maximum Gasteiger partial charge on any atom is 0.469 e. The van der Waals surface area contributed by atoms with Crippen LogP contribution in [0.2, 0.25) is 0 Å². The molecule has 3 aromatic rings. The second-order valence-corrected chi connectivity index (χ2v) is 14.3. The van der Waals surface area contributed by atoms with Crippen molar-refractivity contribution in [2.24, 2.45) is 5.92 Å². The third-order valence-electron chi connectivity index (χ3n) is 8.73. The molecule has 1 atom stereocenters. The molecule has 5 rings (SSSR count). The van der Waals surface area contributed by atoms with Crippen LogP contribution in [0, 0.1) is 5.92 Å². The fourth-order valence-electron chi connectivity index (χ4n) is 6.65. The molecule has 1 aliphatic heterocycles. The van der Waals surface area contributed by atoms with Gasteiger partial charge in [0.15, 0.2) is 0 Å². The number of carbonyl (C=O) groups excluding carboxylic acids is 1. The van der Waals surface area contributed by atoms with Crippen LogP contribution >= 0.6 is 7.82 Å². The molecule has 1 amide bonds. The smallest absolute Gasteiger partial charge is 0.457 e. The van der Waals surface area contributed by atoms with Gasteiger partial charge in [0, 0.05) is 29.2 Å². The average molecular weight is 606 g/mol. The van der Waals surface area contributed by atoms with Crippen LogP contribution in [-0.2, 0) is 25.7 Å². The van der Waals surface area contributed by atoms with Gasteiger partial charge in [0.05, 0.1) is 6.10 Å². The standard InChI is InChI=1S/C35H44NO6P/c1-35(2,3)30-20-18-25(17-19-26(42-43(38,39)40)21-24-11-5-4-6-12-24)22-31(30)36-34(37)23-29-27-13-7-9-15-32(27)41-33-16-10-8-14-28(29)33/h7-10,13-16,18,20,22,24,26,29H,4-6,11-12,17,19,21,23H2,1-3H3,(H,36,37)(H2,38,39,40)/t26-/m0/s1. The first-order chi connectivity index (χ1) is 20.5. The van der Waals surface area contributed by atoms with E-state index in [0.717, 1.165) is 65.1 Å². The number of hydrogen-bond donors (Lipinski definition) is 3. The van der Waals surface area contributed by atoms with Gasteiger partial charge in [-0.2, -0.15) is 0 Å². The zero-order valence-electron chi connectivity index (χ0n) is 25.4. The van der Waals surface area contributed by atoms with E-state index in [2.05, 4.69) is 38.2 Å². The summed E-state index contributed by atoms with van der Waals surface area (Å²) >= 11 is 0. The van der Waals surface area contributed by atoms with E-state index < -0.39 is 13.9 Å². The third-order valence-corrected chi connectivity index (χ3v) is 9.30. The van der Waals surface area contributed by atoms with Gasteiger partial charge in [-0.05, 0) is 59.9 Å². The van der Waals surface area contributed by atoms with Gasteiger partial charge in [-0.15, -0.1) is 0 Å². The van der Waals surface area contributed by atoms with Gasteiger partial charge in [-0.1, -0.05) is 101 Å². The Bertz CT molecular complexity index is 1420. The van der Waals surface area contributed by atoms with Crippen LogP contribution in [-0.4, -0.2) is 21.8 Å². The number of phosphoric ester groups is 1. The number of anilines is 1. The van der Waals surface area contributed by atoms with Gasteiger partial charge in [0.25, 0.3) is 0 Å². The summed E-state index contributed by atoms with van der Waals surface area (Å²) < 4.78 is 23.1. The van der Waals surface area contributed by atoms with Gasteiger partial charge in [-0.3, -0.25) is 9.32 Å². The summed E-state index contributed by atoms with van der Waals surface area (Å²) in [6.07, 6.45) is 7.21. The zero-order valence-corrected chi connectivity index (χ0v) is 26.3. The van der Waals surface area contributed by atoms with Crippen LogP contribution in [0.1, 0.15) is 100 Å². The number of amides is 1. The minimum atomic E-state index is -4.60. The molecular weight excluding hydrogens is 561 g/mol. The lowest BCUT2D eigenvalue weighted by Crippen LogP contribution is -2.22. The van der Waals surface area contributed by atoms with Gasteiger partial charge in [0.1, 0.15) is 11.5 Å². The van der Waals surface area contributed by atoms with Crippen molar-refractivity contribution in [3.05, 3.63) is 89.0 Å². The second-order valence-electron chi connectivity index (χ2n) is 13.1. The minimum Gasteiger partial charge on any atom is -0.457 e. The normalized spacial score (nSPS) is 16.6. The highest BCUT2D eigenvalue weighted by molar-refractivity contribution is 7.46. The number of carbonyl (C=O) groups is 1. The molecule has 7 nitrogen and oxygen atoms in total. The van der Waals surface area contributed by atoms with E-state index in [9.17, 15) is 19.1 Å². The molecule has 0 radical (unpaired) electrons. The molecule has 43 heavy (non-hydrogen) atoms. The Labute approximate surface area is 255 Å². The monoisotopic (exact) mass is 605 g/mol. The largest absolute Gasteiger partial charge is 0.469 e. The van der Waals surface area contributed by atoms with Crippen LogP contribution in [0.4, 0.5) is 5.69 Å². The number of rotatable bonds is 10. The lowest BCUT2D eigenvalue weighted by atomic mass is 9.83. The molecular formula is C35H44NO6P. The molecule has 0 spiro atoms. The van der Waals surface area contributed by atoms with E-state index >= 15 is 0 Å². The maximum absolute atomic E-state index is 13.7. The first-order valence-electron chi connectivity index (χ1n) is 15.5. The lowest BCUT2D eigenvalue weighted by Gasteiger charge is -2.29. The Morgan fingerprint density at radius 2 is 1.60 bits per heavy atom. The molecule has 3 aromatic carbocycles. The van der Waals surface area contributed by atoms with Crippen molar-refractivity contribution in [3.63, 3.8) is 0 Å². The van der Waals surface area contributed by atoms with Gasteiger partial charge in [-0.25, -0.2) is 4.57 Å². The number of phosphoric acid groups is 1. The lowest BCUT2D eigenvalue weighted by molar-refractivity contribution is -0.116. The Balaban J connectivity index is 1.33. The van der Waals surface area contributed by atoms with E-state index in [4.69, 9.17) is 9.26 Å². The number of hydrogen-bond acceptors (Lipinski definition) is 4. The third kappa shape index (κ3) is 8.36. The summed E-state index contributed by atoms with van der Waals surface area (Å²) in [5.41, 5.74) is 4.58. The summed E-state index contributed by atoms with van der Waals surface area (Å²) in [7, 11) is -4.60. The van der Waals surface area contributed by atoms with Crippen molar-refractivity contribution in [2.75, 3.05) is 5.32 Å². The predicted molar refractivity (Wildman–Crippen MR) is 170 cm³/mol. The molecule has 0 saturated heterocycles. The highest BCUT2D eigenvalue weighted by atomic mass is 31.2. The highest BCUT2D eigenvalue weighted by Gasteiger charge is 2.30. The maximum atomic E-state index is 13.7. The van der Waals surface area contributed by atoms with E-state index in [0.29, 0.717) is 25.2 Å². The number of aryl methyl sites for hydroxylation is 1. The Kier molecular flexibility index (Phi) is 9.77. The van der Waals surface area contributed by atoms with Crippen molar-refractivity contribution in [2.45, 2.75) is 96.0 Å². The number of nitrogens with one attached hydrogen (secondary N) is 1. The average Bonchev–Trinajstić information content (AvgIpc) is 2.95. The molecule has 2 aliphatic rings. The summed E-state index contributed by atoms with van der Waals surface area (Å²) in [5, 5.41) is 3.22. The number of benzene rings is 3. The highest BCUT2D eigenvalue weighted by Crippen LogP contribution is 2.46. The van der Waals surface area contributed by atoms with Crippen LogP contribution in [0.25, 0.3) is 0 Å². The quantitative estimate of drug-likeness (QED) is 0.200. The fourth-order valence-corrected chi connectivity index (χ4v) is 7.23. The van der Waals surface area contributed by atoms with E-state index in [1.165, 1.54) is 6.42 Å². The van der Waals surface area contributed by atoms with Crippen molar-refractivity contribution >= 4 is 19.4 Å². The number of para-hydroxylation sites is 2. The van der Waals surface area contributed by atoms with Crippen molar-refractivity contribution in [1.82, 2.24) is 0 Å². The minimum absolute atomic E-state index is 0.0841. The van der Waals surface area contributed by atoms with Gasteiger partial charge < -0.3 is 19.8 Å². The second kappa shape index (κ2) is 13.4. The molecule has 0 bridgehead atoms. The first-order valence-corrected chi connectivity index (χ1v) is 17.0. The van der Waals surface area contributed by atoms with E-state index in [1.54, 1.807) is 0 Å². The Hall–Kier alpha value is -2.96. The molecule has 3 N–H and O–H groups in total. The van der Waals surface area contributed by atoms with Crippen molar-refractivity contribution < 1.29 is 28.4 Å². The predicted octanol–water partition coefficient (Wildman–Crippen LogP) is 8.63. The summed E-state index contributed by atoms with van der Waals surface area (Å²) in [4.78, 5) is 32.8. The fraction of sp³-hybridized carbons (Fsp3) is 0.457. The molecule has 0 unspecified atom stereocenters. The summed E-state index contributed by atoms with van der Waals surface area (Å²) in [6.45, 7) is 6.37. The number of ether oxygens (including phenoxy) is 1. The van der Waals surface area contributed by atoms with Gasteiger partial charge >= 0.3 is 7.82 Å². The van der Waals surface area contributed by atoms with Crippen LogP contribution in [0.5, 0.6) is 11.5 Å². The van der Waals surface area contributed by atoms with Gasteiger partial charge in [0.2, 0.25) is 5.91 Å². The van der Waals surface area contributed by atoms with Crippen LogP contribution in [0.3, 0.4) is 0 Å². The van der Waals surface area contributed by atoms with Crippen LogP contribution < -0.4 is 10.1 Å². The van der Waals surface area contributed by atoms with Crippen molar-refractivity contribution in [1.29, 1.82) is 0 Å². The zero-order chi connectivity index (χ0) is 30.6. The van der Waals surface area contributed by atoms with Crippen LogP contribution in [0.15, 0.2) is 66.7 Å².